The summed E-state index contributed by atoms with van der Waals surface area (Å²) in [5.74, 6) is 0. The Morgan fingerprint density at radius 1 is 1.06 bits per heavy atom. The highest BCUT2D eigenvalue weighted by molar-refractivity contribution is 5.14. The van der Waals surface area contributed by atoms with Crippen molar-refractivity contribution >= 4 is 0 Å². The molecular weight excluding hydrogens is 224 g/mol. The van der Waals surface area contributed by atoms with Gasteiger partial charge in [0.15, 0.2) is 0 Å². The molecule has 0 atom stereocenters. The van der Waals surface area contributed by atoms with E-state index >= 15 is 0 Å². The summed E-state index contributed by atoms with van der Waals surface area (Å²) in [6.07, 6.45) is 2.69. The number of aliphatic hydroxyl groups is 1. The highest BCUT2D eigenvalue weighted by Gasteiger charge is 2.13. The Morgan fingerprint density at radius 2 is 1.78 bits per heavy atom. The van der Waals surface area contributed by atoms with Gasteiger partial charge < -0.3 is 10.0 Å². The van der Waals surface area contributed by atoms with E-state index < -0.39 is 0 Å². The molecule has 1 heterocycles. The van der Waals surface area contributed by atoms with Gasteiger partial charge in [0, 0.05) is 26.2 Å². The second-order valence-corrected chi connectivity index (χ2v) is 5.03. The normalized spacial score (nSPS) is 16.6. The van der Waals surface area contributed by atoms with Gasteiger partial charge in [-0.3, -0.25) is 4.90 Å². The van der Waals surface area contributed by atoms with Crippen molar-refractivity contribution in [2.75, 3.05) is 39.3 Å². The van der Waals surface area contributed by atoms with Gasteiger partial charge in [0.25, 0.3) is 0 Å². The van der Waals surface area contributed by atoms with Gasteiger partial charge in [-0.25, -0.2) is 0 Å². The first-order chi connectivity index (χ1) is 8.88. The number of rotatable bonds is 7. The standard InChI is InChI=1S/C15H24N2O/c18-13-12-17(11-10-16-8-4-5-9-16)14-15-6-2-1-3-7-15/h1-3,6-7,18H,4-5,8-14H2. The van der Waals surface area contributed by atoms with Crippen molar-refractivity contribution in [3.05, 3.63) is 35.9 Å². The Morgan fingerprint density at radius 3 is 2.44 bits per heavy atom. The van der Waals surface area contributed by atoms with Gasteiger partial charge in [0.05, 0.1) is 6.61 Å². The van der Waals surface area contributed by atoms with E-state index in [4.69, 9.17) is 5.11 Å². The average molecular weight is 248 g/mol. The van der Waals surface area contributed by atoms with Gasteiger partial charge in [-0.1, -0.05) is 30.3 Å². The average Bonchev–Trinajstić information content (AvgIpc) is 2.91. The number of likely N-dealkylation sites (tertiary alicyclic amines) is 1. The zero-order chi connectivity index (χ0) is 12.6. The van der Waals surface area contributed by atoms with Crippen molar-refractivity contribution < 1.29 is 5.11 Å². The third-order valence-corrected chi connectivity index (χ3v) is 3.60. The summed E-state index contributed by atoms with van der Waals surface area (Å²) in [6, 6.07) is 10.5. The van der Waals surface area contributed by atoms with Crippen LogP contribution in [0.3, 0.4) is 0 Å². The minimum Gasteiger partial charge on any atom is -0.395 e. The molecule has 1 aliphatic heterocycles. The van der Waals surface area contributed by atoms with E-state index in [2.05, 4.69) is 34.1 Å². The third kappa shape index (κ3) is 4.41. The SMILES string of the molecule is OCCN(CCN1CCCC1)Cc1ccccc1. The van der Waals surface area contributed by atoms with Crippen LogP contribution >= 0.6 is 0 Å². The molecule has 0 unspecified atom stereocenters. The van der Waals surface area contributed by atoms with Crippen LogP contribution in [0.15, 0.2) is 30.3 Å². The molecule has 0 aromatic heterocycles. The Bertz CT molecular complexity index is 323. The highest BCUT2D eigenvalue weighted by atomic mass is 16.3. The highest BCUT2D eigenvalue weighted by Crippen LogP contribution is 2.08. The minimum atomic E-state index is 0.243. The lowest BCUT2D eigenvalue weighted by Gasteiger charge is -2.24. The summed E-state index contributed by atoms with van der Waals surface area (Å²) >= 11 is 0. The van der Waals surface area contributed by atoms with Crippen LogP contribution in [-0.2, 0) is 6.54 Å². The molecule has 1 aromatic rings. The van der Waals surface area contributed by atoms with Gasteiger partial charge in [-0.05, 0) is 31.5 Å². The molecule has 3 heteroatoms. The van der Waals surface area contributed by atoms with E-state index in [0.29, 0.717) is 0 Å². The molecule has 0 aliphatic carbocycles. The number of aliphatic hydroxyl groups excluding tert-OH is 1. The van der Waals surface area contributed by atoms with Crippen LogP contribution < -0.4 is 0 Å². The maximum Gasteiger partial charge on any atom is 0.0558 e. The van der Waals surface area contributed by atoms with Crippen molar-refractivity contribution in [1.29, 1.82) is 0 Å². The van der Waals surface area contributed by atoms with Crippen molar-refractivity contribution in [1.82, 2.24) is 9.80 Å². The molecule has 0 amide bonds. The predicted molar refractivity (Wildman–Crippen MR) is 74.5 cm³/mol. The maximum atomic E-state index is 9.15. The first-order valence-corrected chi connectivity index (χ1v) is 6.98. The van der Waals surface area contributed by atoms with Crippen molar-refractivity contribution in [3.8, 4) is 0 Å². The molecule has 1 fully saturated rings. The van der Waals surface area contributed by atoms with Gasteiger partial charge in [-0.2, -0.15) is 0 Å². The Labute approximate surface area is 110 Å². The fourth-order valence-electron chi connectivity index (χ4n) is 2.54. The zero-order valence-corrected chi connectivity index (χ0v) is 11.1. The molecule has 100 valence electrons. The van der Waals surface area contributed by atoms with E-state index in [-0.39, 0.29) is 6.61 Å². The molecule has 1 aromatic carbocycles. The molecule has 0 saturated carbocycles. The molecular formula is C15H24N2O. The molecule has 0 spiro atoms. The summed E-state index contributed by atoms with van der Waals surface area (Å²) in [5.41, 5.74) is 1.33. The van der Waals surface area contributed by atoms with Crippen LogP contribution in [0, 0.1) is 0 Å². The quantitative estimate of drug-likeness (QED) is 0.793. The molecule has 1 aliphatic rings. The lowest BCUT2D eigenvalue weighted by Crippen LogP contribution is -2.35. The van der Waals surface area contributed by atoms with E-state index in [0.717, 1.165) is 26.2 Å². The van der Waals surface area contributed by atoms with Crippen molar-refractivity contribution in [2.24, 2.45) is 0 Å². The van der Waals surface area contributed by atoms with Gasteiger partial charge in [0.2, 0.25) is 0 Å². The third-order valence-electron chi connectivity index (χ3n) is 3.60. The molecule has 0 radical (unpaired) electrons. The molecule has 1 N–H and O–H groups in total. The van der Waals surface area contributed by atoms with Crippen LogP contribution in [0.25, 0.3) is 0 Å². The predicted octanol–water partition coefficient (Wildman–Crippen LogP) is 1.58. The van der Waals surface area contributed by atoms with E-state index in [9.17, 15) is 0 Å². The Balaban J connectivity index is 1.79. The van der Waals surface area contributed by atoms with Crippen molar-refractivity contribution in [2.45, 2.75) is 19.4 Å². The number of benzene rings is 1. The fraction of sp³-hybridized carbons (Fsp3) is 0.600. The van der Waals surface area contributed by atoms with E-state index in [1.165, 1.54) is 31.5 Å². The second-order valence-electron chi connectivity index (χ2n) is 5.03. The van der Waals surface area contributed by atoms with Crippen LogP contribution in [0.4, 0.5) is 0 Å². The van der Waals surface area contributed by atoms with Gasteiger partial charge in [-0.15, -0.1) is 0 Å². The fourth-order valence-corrected chi connectivity index (χ4v) is 2.54. The van der Waals surface area contributed by atoms with Gasteiger partial charge >= 0.3 is 0 Å². The number of nitrogens with zero attached hydrogens (tertiary/aromatic N) is 2. The summed E-state index contributed by atoms with van der Waals surface area (Å²) in [7, 11) is 0. The minimum absolute atomic E-state index is 0.243. The van der Waals surface area contributed by atoms with Crippen LogP contribution in [0.1, 0.15) is 18.4 Å². The largest absolute Gasteiger partial charge is 0.395 e. The molecule has 2 rings (SSSR count). The van der Waals surface area contributed by atoms with Crippen LogP contribution in [0.5, 0.6) is 0 Å². The van der Waals surface area contributed by atoms with Crippen molar-refractivity contribution in [3.63, 3.8) is 0 Å². The lowest BCUT2D eigenvalue weighted by molar-refractivity contribution is 0.172. The summed E-state index contributed by atoms with van der Waals surface area (Å²) in [5, 5.41) is 9.15. The van der Waals surface area contributed by atoms with E-state index in [1.54, 1.807) is 0 Å². The Hall–Kier alpha value is -0.900. The molecule has 0 bridgehead atoms. The second kappa shape index (κ2) is 7.52. The number of hydrogen-bond acceptors (Lipinski definition) is 3. The maximum absolute atomic E-state index is 9.15. The molecule has 18 heavy (non-hydrogen) atoms. The Kier molecular flexibility index (Phi) is 5.65. The summed E-state index contributed by atoms with van der Waals surface area (Å²) in [6.45, 7) is 6.63. The van der Waals surface area contributed by atoms with Crippen LogP contribution in [-0.4, -0.2) is 54.2 Å². The first kappa shape index (κ1) is 13.5. The van der Waals surface area contributed by atoms with E-state index in [1.807, 2.05) is 6.07 Å². The molecule has 1 saturated heterocycles. The topological polar surface area (TPSA) is 26.7 Å². The van der Waals surface area contributed by atoms with Crippen LogP contribution in [0.2, 0.25) is 0 Å². The number of hydrogen-bond donors (Lipinski definition) is 1. The first-order valence-electron chi connectivity index (χ1n) is 6.98. The monoisotopic (exact) mass is 248 g/mol. The van der Waals surface area contributed by atoms with Gasteiger partial charge in [0.1, 0.15) is 0 Å². The summed E-state index contributed by atoms with van der Waals surface area (Å²) < 4.78 is 0. The zero-order valence-electron chi connectivity index (χ0n) is 11.1. The smallest absolute Gasteiger partial charge is 0.0558 e. The summed E-state index contributed by atoms with van der Waals surface area (Å²) in [4.78, 5) is 4.86. The lowest BCUT2D eigenvalue weighted by atomic mass is 10.2. The molecule has 3 nitrogen and oxygen atoms in total.